The molecule has 0 amide bonds. The highest BCUT2D eigenvalue weighted by molar-refractivity contribution is 5.78. The first-order valence-corrected chi connectivity index (χ1v) is 7.88. The van der Waals surface area contributed by atoms with Gasteiger partial charge in [0.05, 0.1) is 5.54 Å². The van der Waals surface area contributed by atoms with Crippen LogP contribution in [-0.4, -0.2) is 5.54 Å². The lowest BCUT2D eigenvalue weighted by Crippen LogP contribution is -2.30. The zero-order valence-corrected chi connectivity index (χ0v) is 13.8. The van der Waals surface area contributed by atoms with Crippen LogP contribution in [0.3, 0.4) is 0 Å². The molecule has 3 rings (SSSR count). The Bertz CT molecular complexity index is 699. The Hall–Kier alpha value is -2.22. The van der Waals surface area contributed by atoms with Gasteiger partial charge in [0.15, 0.2) is 0 Å². The van der Waals surface area contributed by atoms with Gasteiger partial charge in [0, 0.05) is 17.4 Å². The van der Waals surface area contributed by atoms with Crippen LogP contribution in [0, 0.1) is 6.92 Å². The van der Waals surface area contributed by atoms with Gasteiger partial charge < -0.3 is 10.6 Å². The minimum absolute atomic E-state index is 0.0179. The van der Waals surface area contributed by atoms with E-state index in [1.807, 2.05) is 0 Å². The van der Waals surface area contributed by atoms with Crippen molar-refractivity contribution in [1.82, 2.24) is 0 Å². The zero-order chi connectivity index (χ0) is 15.7. The van der Waals surface area contributed by atoms with E-state index < -0.39 is 0 Å². The summed E-state index contributed by atoms with van der Waals surface area (Å²) in [6, 6.07) is 15.3. The van der Waals surface area contributed by atoms with Crippen molar-refractivity contribution in [3.05, 3.63) is 65.2 Å². The molecule has 22 heavy (non-hydrogen) atoms. The number of nitrogens with one attached hydrogen (secondary N) is 2. The first kappa shape index (κ1) is 14.7. The van der Waals surface area contributed by atoms with Gasteiger partial charge in [-0.25, -0.2) is 0 Å². The van der Waals surface area contributed by atoms with Crippen LogP contribution < -0.4 is 10.6 Å². The Kier molecular flexibility index (Phi) is 3.69. The van der Waals surface area contributed by atoms with E-state index in [-0.39, 0.29) is 11.6 Å². The van der Waals surface area contributed by atoms with Crippen molar-refractivity contribution in [2.75, 3.05) is 10.6 Å². The average molecular weight is 292 g/mol. The SMILES string of the molecule is Cc1cc(NC(C)c2ccccc2)cc2c1NC(C)(C)C=C2. The van der Waals surface area contributed by atoms with Crippen molar-refractivity contribution in [2.45, 2.75) is 39.3 Å². The lowest BCUT2D eigenvalue weighted by atomic mass is 9.94. The Morgan fingerprint density at radius 3 is 2.55 bits per heavy atom. The third-order valence-electron chi connectivity index (χ3n) is 4.18. The van der Waals surface area contributed by atoms with Gasteiger partial charge in [0.25, 0.3) is 0 Å². The molecule has 0 radical (unpaired) electrons. The summed E-state index contributed by atoms with van der Waals surface area (Å²) < 4.78 is 0. The van der Waals surface area contributed by atoms with Gasteiger partial charge in [-0.3, -0.25) is 0 Å². The minimum atomic E-state index is 0.0179. The molecule has 0 aromatic heterocycles. The van der Waals surface area contributed by atoms with Crippen LogP contribution >= 0.6 is 0 Å². The Labute approximate surface area is 133 Å². The smallest absolute Gasteiger partial charge is 0.0503 e. The fraction of sp³-hybridized carbons (Fsp3) is 0.300. The van der Waals surface area contributed by atoms with Crippen LogP contribution in [0.4, 0.5) is 11.4 Å². The number of benzene rings is 2. The average Bonchev–Trinajstić information content (AvgIpc) is 2.49. The molecular weight excluding hydrogens is 268 g/mol. The van der Waals surface area contributed by atoms with Gasteiger partial charge in [-0.15, -0.1) is 0 Å². The van der Waals surface area contributed by atoms with Crippen LogP contribution in [0.25, 0.3) is 6.08 Å². The van der Waals surface area contributed by atoms with Crippen LogP contribution in [-0.2, 0) is 0 Å². The Morgan fingerprint density at radius 2 is 1.82 bits per heavy atom. The maximum atomic E-state index is 3.61. The highest BCUT2D eigenvalue weighted by Crippen LogP contribution is 2.34. The van der Waals surface area contributed by atoms with Gasteiger partial charge in [0.1, 0.15) is 0 Å². The summed E-state index contributed by atoms with van der Waals surface area (Å²) >= 11 is 0. The van der Waals surface area contributed by atoms with E-state index in [1.54, 1.807) is 0 Å². The predicted molar refractivity (Wildman–Crippen MR) is 96.4 cm³/mol. The molecule has 1 aliphatic heterocycles. The van der Waals surface area contributed by atoms with Gasteiger partial charge in [-0.2, -0.15) is 0 Å². The van der Waals surface area contributed by atoms with E-state index >= 15 is 0 Å². The molecule has 2 nitrogen and oxygen atoms in total. The molecule has 0 bridgehead atoms. The molecule has 0 aliphatic carbocycles. The standard InChI is InChI=1S/C20H24N2/c1-14-12-18(21-15(2)16-8-6-5-7-9-16)13-17-10-11-20(3,4)22-19(14)17/h5-13,15,21-22H,1-4H3. The van der Waals surface area contributed by atoms with Crippen LogP contribution in [0.1, 0.15) is 43.5 Å². The largest absolute Gasteiger partial charge is 0.378 e. The predicted octanol–water partition coefficient (Wildman–Crippen LogP) is 5.39. The van der Waals surface area contributed by atoms with E-state index in [0.717, 1.165) is 0 Å². The zero-order valence-electron chi connectivity index (χ0n) is 13.8. The molecule has 1 heterocycles. The molecule has 0 spiro atoms. The van der Waals surface area contributed by atoms with Crippen molar-refractivity contribution >= 4 is 17.5 Å². The summed E-state index contributed by atoms with van der Waals surface area (Å²) in [5, 5.41) is 7.21. The van der Waals surface area contributed by atoms with Gasteiger partial charge >= 0.3 is 0 Å². The van der Waals surface area contributed by atoms with Crippen molar-refractivity contribution in [3.63, 3.8) is 0 Å². The molecule has 2 N–H and O–H groups in total. The maximum Gasteiger partial charge on any atom is 0.0503 e. The summed E-state index contributed by atoms with van der Waals surface area (Å²) in [6.07, 6.45) is 4.44. The van der Waals surface area contributed by atoms with Crippen LogP contribution in [0.5, 0.6) is 0 Å². The second-order valence-corrected chi connectivity index (χ2v) is 6.71. The number of hydrogen-bond donors (Lipinski definition) is 2. The van der Waals surface area contributed by atoms with Crippen LogP contribution in [0.15, 0.2) is 48.5 Å². The lowest BCUT2D eigenvalue weighted by molar-refractivity contribution is 0.709. The number of fused-ring (bicyclic) bond motifs is 1. The van der Waals surface area contributed by atoms with Crippen molar-refractivity contribution < 1.29 is 0 Å². The van der Waals surface area contributed by atoms with Gasteiger partial charge in [-0.05, 0) is 56.5 Å². The summed E-state index contributed by atoms with van der Waals surface area (Å²) in [7, 11) is 0. The molecule has 0 saturated carbocycles. The van der Waals surface area contributed by atoms with Crippen molar-refractivity contribution in [1.29, 1.82) is 0 Å². The molecule has 1 unspecified atom stereocenters. The second-order valence-electron chi connectivity index (χ2n) is 6.71. The molecule has 1 aliphatic rings. The Balaban J connectivity index is 1.86. The first-order valence-electron chi connectivity index (χ1n) is 7.88. The first-order chi connectivity index (χ1) is 10.4. The third-order valence-corrected chi connectivity index (χ3v) is 4.18. The third kappa shape index (κ3) is 3.01. The molecule has 0 fully saturated rings. The molecule has 2 heteroatoms. The second kappa shape index (κ2) is 5.53. The molecule has 0 saturated heterocycles. The normalized spacial score (nSPS) is 16.5. The van der Waals surface area contributed by atoms with E-state index in [9.17, 15) is 0 Å². The molecule has 1 atom stereocenters. The fourth-order valence-corrected chi connectivity index (χ4v) is 2.94. The number of rotatable bonds is 3. The van der Waals surface area contributed by atoms with Crippen molar-refractivity contribution in [3.8, 4) is 0 Å². The van der Waals surface area contributed by atoms with E-state index in [4.69, 9.17) is 0 Å². The molecule has 2 aromatic rings. The summed E-state index contributed by atoms with van der Waals surface area (Å²) in [5.74, 6) is 0. The quantitative estimate of drug-likeness (QED) is 0.793. The Morgan fingerprint density at radius 1 is 1.09 bits per heavy atom. The van der Waals surface area contributed by atoms with Crippen LogP contribution in [0.2, 0.25) is 0 Å². The topological polar surface area (TPSA) is 24.1 Å². The van der Waals surface area contributed by atoms with Crippen molar-refractivity contribution in [2.24, 2.45) is 0 Å². The number of aryl methyl sites for hydroxylation is 1. The number of hydrogen-bond acceptors (Lipinski definition) is 2. The summed E-state index contributed by atoms with van der Waals surface area (Å²) in [5.41, 5.74) is 6.25. The molecular formula is C20H24N2. The highest BCUT2D eigenvalue weighted by atomic mass is 15.0. The number of anilines is 2. The molecule has 114 valence electrons. The van der Waals surface area contributed by atoms with Gasteiger partial charge in [-0.1, -0.05) is 42.5 Å². The summed E-state index contributed by atoms with van der Waals surface area (Å²) in [6.45, 7) is 8.74. The fourth-order valence-electron chi connectivity index (χ4n) is 2.94. The highest BCUT2D eigenvalue weighted by Gasteiger charge is 2.21. The monoisotopic (exact) mass is 292 g/mol. The maximum absolute atomic E-state index is 3.61. The summed E-state index contributed by atoms with van der Waals surface area (Å²) in [4.78, 5) is 0. The van der Waals surface area contributed by atoms with E-state index in [0.29, 0.717) is 0 Å². The van der Waals surface area contributed by atoms with E-state index in [1.165, 1.54) is 28.1 Å². The lowest BCUT2D eigenvalue weighted by Gasteiger charge is -2.31. The molecule has 2 aromatic carbocycles. The van der Waals surface area contributed by atoms with E-state index in [2.05, 4.69) is 92.9 Å². The minimum Gasteiger partial charge on any atom is -0.378 e. The van der Waals surface area contributed by atoms with Gasteiger partial charge in [0.2, 0.25) is 0 Å².